The fraction of sp³-hybridized carbons (Fsp3) is 0.636. The Morgan fingerprint density at radius 3 is 2.74 bits per heavy atom. The molecule has 1 unspecified atom stereocenters. The average molecular weight is 270 g/mol. The van der Waals surface area contributed by atoms with Crippen LogP contribution in [0.5, 0.6) is 0 Å². The predicted octanol–water partition coefficient (Wildman–Crippen LogP) is 1.78. The molecule has 0 aromatic carbocycles. The summed E-state index contributed by atoms with van der Waals surface area (Å²) in [6.45, 7) is 5.71. The molecule has 0 bridgehead atoms. The van der Waals surface area contributed by atoms with Crippen LogP contribution in [0, 0.1) is 17.0 Å². The van der Waals surface area contributed by atoms with Crippen LogP contribution in [0.25, 0.3) is 0 Å². The van der Waals surface area contributed by atoms with E-state index in [9.17, 15) is 14.9 Å². The summed E-state index contributed by atoms with van der Waals surface area (Å²) in [4.78, 5) is 21.2. The Kier molecular flexibility index (Phi) is 4.85. The SMILES string of the molecule is CCCn1nc(C)c([N+](=O)[O-])c1NC(C)CC(=O)O. The molecule has 1 aromatic heterocycles. The highest BCUT2D eigenvalue weighted by molar-refractivity contribution is 5.69. The molecule has 1 atom stereocenters. The summed E-state index contributed by atoms with van der Waals surface area (Å²) in [6.07, 6.45) is 0.660. The molecule has 0 spiro atoms. The van der Waals surface area contributed by atoms with E-state index in [2.05, 4.69) is 10.4 Å². The van der Waals surface area contributed by atoms with Crippen molar-refractivity contribution in [3.8, 4) is 0 Å². The normalized spacial score (nSPS) is 12.2. The number of nitrogens with zero attached hydrogens (tertiary/aromatic N) is 3. The van der Waals surface area contributed by atoms with E-state index in [-0.39, 0.29) is 17.9 Å². The average Bonchev–Trinajstić information content (AvgIpc) is 2.54. The molecule has 1 rings (SSSR count). The second kappa shape index (κ2) is 6.17. The molecule has 19 heavy (non-hydrogen) atoms. The number of hydrogen-bond acceptors (Lipinski definition) is 5. The third-order valence-corrected chi connectivity index (χ3v) is 2.58. The molecule has 0 aliphatic carbocycles. The topological polar surface area (TPSA) is 110 Å². The summed E-state index contributed by atoms with van der Waals surface area (Å²) in [7, 11) is 0. The van der Waals surface area contributed by atoms with Crippen LogP contribution in [0.3, 0.4) is 0 Å². The Morgan fingerprint density at radius 2 is 2.26 bits per heavy atom. The van der Waals surface area contributed by atoms with E-state index in [0.717, 1.165) is 6.42 Å². The largest absolute Gasteiger partial charge is 0.481 e. The minimum absolute atomic E-state index is 0.0920. The van der Waals surface area contributed by atoms with Crippen LogP contribution in [-0.2, 0) is 11.3 Å². The number of hydrogen-bond donors (Lipinski definition) is 2. The number of carbonyl (C=O) groups is 1. The number of carboxylic acids is 1. The molecule has 106 valence electrons. The third kappa shape index (κ3) is 3.67. The molecule has 8 nitrogen and oxygen atoms in total. The van der Waals surface area contributed by atoms with E-state index in [0.29, 0.717) is 12.2 Å². The first-order valence-electron chi connectivity index (χ1n) is 6.06. The summed E-state index contributed by atoms with van der Waals surface area (Å²) in [6, 6.07) is -0.414. The van der Waals surface area contributed by atoms with E-state index < -0.39 is 16.9 Å². The highest BCUT2D eigenvalue weighted by Crippen LogP contribution is 2.29. The van der Waals surface area contributed by atoms with Crippen molar-refractivity contribution in [2.75, 3.05) is 5.32 Å². The predicted molar refractivity (Wildman–Crippen MR) is 69.2 cm³/mol. The molecule has 0 saturated heterocycles. The highest BCUT2D eigenvalue weighted by atomic mass is 16.6. The van der Waals surface area contributed by atoms with E-state index in [4.69, 9.17) is 5.11 Å². The van der Waals surface area contributed by atoms with Crippen molar-refractivity contribution in [2.24, 2.45) is 0 Å². The first-order chi connectivity index (χ1) is 8.86. The van der Waals surface area contributed by atoms with Gasteiger partial charge < -0.3 is 10.4 Å². The van der Waals surface area contributed by atoms with Crippen molar-refractivity contribution < 1.29 is 14.8 Å². The lowest BCUT2D eigenvalue weighted by atomic mass is 10.2. The summed E-state index contributed by atoms with van der Waals surface area (Å²) < 4.78 is 1.52. The maximum Gasteiger partial charge on any atom is 0.333 e. The van der Waals surface area contributed by atoms with Gasteiger partial charge in [0.25, 0.3) is 0 Å². The van der Waals surface area contributed by atoms with E-state index in [1.807, 2.05) is 6.92 Å². The number of nitrogens with one attached hydrogen (secondary N) is 1. The quantitative estimate of drug-likeness (QED) is 0.577. The van der Waals surface area contributed by atoms with E-state index in [1.54, 1.807) is 13.8 Å². The molecule has 0 radical (unpaired) electrons. The van der Waals surface area contributed by atoms with Crippen LogP contribution in [-0.4, -0.2) is 31.8 Å². The summed E-state index contributed by atoms with van der Waals surface area (Å²) in [5, 5.41) is 26.8. The summed E-state index contributed by atoms with van der Waals surface area (Å²) in [5.41, 5.74) is 0.231. The maximum atomic E-state index is 11.1. The molecule has 0 amide bonds. The zero-order valence-corrected chi connectivity index (χ0v) is 11.2. The third-order valence-electron chi connectivity index (χ3n) is 2.58. The standard InChI is InChI=1S/C11H18N4O4/c1-4-5-14-11(12-7(2)6-9(16)17)10(15(18)19)8(3)13-14/h7,12H,4-6H2,1-3H3,(H,16,17). The van der Waals surface area contributed by atoms with Gasteiger partial charge in [-0.2, -0.15) is 5.10 Å². The van der Waals surface area contributed by atoms with Gasteiger partial charge >= 0.3 is 11.7 Å². The minimum atomic E-state index is -0.957. The van der Waals surface area contributed by atoms with Gasteiger partial charge in [0.2, 0.25) is 5.82 Å². The van der Waals surface area contributed by atoms with Gasteiger partial charge in [0, 0.05) is 12.6 Å². The van der Waals surface area contributed by atoms with E-state index >= 15 is 0 Å². The number of nitro groups is 1. The van der Waals surface area contributed by atoms with Crippen LogP contribution in [0.4, 0.5) is 11.5 Å². The van der Waals surface area contributed by atoms with Crippen LogP contribution < -0.4 is 5.32 Å². The Balaban J connectivity index is 3.07. The second-order valence-corrected chi connectivity index (χ2v) is 4.41. The Morgan fingerprint density at radius 1 is 1.63 bits per heavy atom. The van der Waals surface area contributed by atoms with Gasteiger partial charge in [-0.25, -0.2) is 4.68 Å². The van der Waals surface area contributed by atoms with Crippen molar-refractivity contribution in [2.45, 2.75) is 46.2 Å². The molecule has 8 heteroatoms. The van der Waals surface area contributed by atoms with Crippen LogP contribution in [0.2, 0.25) is 0 Å². The molecule has 2 N–H and O–H groups in total. The van der Waals surface area contributed by atoms with Crippen LogP contribution in [0.1, 0.15) is 32.4 Å². The smallest absolute Gasteiger partial charge is 0.333 e. The first-order valence-corrected chi connectivity index (χ1v) is 6.06. The first kappa shape index (κ1) is 14.9. The maximum absolute atomic E-state index is 11.1. The number of aromatic nitrogens is 2. The van der Waals surface area contributed by atoms with Gasteiger partial charge in [0.1, 0.15) is 5.69 Å². The Hall–Kier alpha value is -2.12. The number of rotatable bonds is 7. The van der Waals surface area contributed by atoms with Gasteiger partial charge in [0.15, 0.2) is 0 Å². The molecule has 1 heterocycles. The van der Waals surface area contributed by atoms with E-state index in [1.165, 1.54) is 4.68 Å². The number of anilines is 1. The lowest BCUT2D eigenvalue weighted by Gasteiger charge is -2.13. The monoisotopic (exact) mass is 270 g/mol. The van der Waals surface area contributed by atoms with Gasteiger partial charge in [-0.3, -0.25) is 14.9 Å². The minimum Gasteiger partial charge on any atom is -0.481 e. The molecular formula is C11H18N4O4. The van der Waals surface area contributed by atoms with Crippen molar-refractivity contribution in [3.63, 3.8) is 0 Å². The van der Waals surface area contributed by atoms with Crippen LogP contribution in [0.15, 0.2) is 0 Å². The fourth-order valence-electron chi connectivity index (χ4n) is 1.85. The van der Waals surface area contributed by atoms with Crippen molar-refractivity contribution in [3.05, 3.63) is 15.8 Å². The van der Waals surface area contributed by atoms with Gasteiger partial charge in [-0.1, -0.05) is 6.92 Å². The summed E-state index contributed by atoms with van der Waals surface area (Å²) >= 11 is 0. The molecule has 0 aliphatic heterocycles. The van der Waals surface area contributed by atoms with Crippen LogP contribution >= 0.6 is 0 Å². The van der Waals surface area contributed by atoms with Gasteiger partial charge in [-0.15, -0.1) is 0 Å². The van der Waals surface area contributed by atoms with Gasteiger partial charge in [-0.05, 0) is 20.3 Å². The second-order valence-electron chi connectivity index (χ2n) is 4.41. The molecule has 1 aromatic rings. The molecular weight excluding hydrogens is 252 g/mol. The number of carboxylic acid groups (broad SMARTS) is 1. The zero-order chi connectivity index (χ0) is 14.6. The fourth-order valence-corrected chi connectivity index (χ4v) is 1.85. The lowest BCUT2D eigenvalue weighted by molar-refractivity contribution is -0.384. The van der Waals surface area contributed by atoms with Crippen molar-refractivity contribution in [1.82, 2.24) is 9.78 Å². The highest BCUT2D eigenvalue weighted by Gasteiger charge is 2.26. The molecule has 0 aliphatic rings. The Bertz CT molecular complexity index is 483. The number of aliphatic carboxylic acids is 1. The molecule has 0 fully saturated rings. The van der Waals surface area contributed by atoms with Crippen molar-refractivity contribution >= 4 is 17.5 Å². The zero-order valence-electron chi connectivity index (χ0n) is 11.2. The van der Waals surface area contributed by atoms with Crippen molar-refractivity contribution in [1.29, 1.82) is 0 Å². The number of aryl methyl sites for hydroxylation is 2. The molecule has 0 saturated carbocycles. The van der Waals surface area contributed by atoms with Gasteiger partial charge in [0.05, 0.1) is 11.3 Å². The lowest BCUT2D eigenvalue weighted by Crippen LogP contribution is -2.22. The Labute approximate surface area is 110 Å². The summed E-state index contributed by atoms with van der Waals surface area (Å²) in [5.74, 6) is -0.681.